The Bertz CT molecular complexity index is 1350. The Morgan fingerprint density at radius 3 is 0.820 bits per heavy atom. The third-order valence-electron chi connectivity index (χ3n) is 19.8. The van der Waals surface area contributed by atoms with E-state index in [0.717, 1.165) is 44.9 Å². The van der Waals surface area contributed by atoms with Crippen molar-refractivity contribution in [1.29, 1.82) is 0 Å². The first-order chi connectivity index (χ1) is 44.0. The summed E-state index contributed by atoms with van der Waals surface area (Å²) in [6.45, 7) is 4.99. The average Bonchev–Trinajstić information content (AvgIpc) is 3.65. The van der Waals surface area contributed by atoms with Gasteiger partial charge in [-0.1, -0.05) is 431 Å². The molecule has 1 amide bonds. The zero-order valence-corrected chi connectivity index (χ0v) is 61.0. The van der Waals surface area contributed by atoms with Gasteiger partial charge in [0.1, 0.15) is 0 Å². The minimum Gasteiger partial charge on any atom is -0.466 e. The number of aliphatic hydroxyl groups excluding tert-OH is 2. The van der Waals surface area contributed by atoms with Gasteiger partial charge in [0, 0.05) is 12.8 Å². The first-order valence-electron chi connectivity index (χ1n) is 41.4. The third kappa shape index (κ3) is 75.5. The maximum atomic E-state index is 12.6. The van der Waals surface area contributed by atoms with Gasteiger partial charge < -0.3 is 20.3 Å². The van der Waals surface area contributed by atoms with Gasteiger partial charge in [-0.25, -0.2) is 0 Å². The molecule has 0 saturated carbocycles. The minimum atomic E-state index is -0.660. The van der Waals surface area contributed by atoms with Crippen molar-refractivity contribution in [1.82, 2.24) is 5.32 Å². The molecule has 0 bridgehead atoms. The molecule has 2 unspecified atom stereocenters. The number of nitrogens with one attached hydrogen (secondary N) is 1. The number of carbonyl (C=O) groups excluding carboxylic acids is 2. The summed E-state index contributed by atoms with van der Waals surface area (Å²) in [6, 6.07) is -0.537. The number of amides is 1. The maximum absolute atomic E-state index is 12.6. The van der Waals surface area contributed by atoms with Gasteiger partial charge in [-0.05, 0) is 51.4 Å². The van der Waals surface area contributed by atoms with Crippen molar-refractivity contribution in [3.8, 4) is 0 Å². The highest BCUT2D eigenvalue weighted by atomic mass is 16.5. The van der Waals surface area contributed by atoms with Crippen LogP contribution in [0.25, 0.3) is 0 Å². The quantitative estimate of drug-likeness (QED) is 0.0320. The van der Waals surface area contributed by atoms with Crippen LogP contribution >= 0.6 is 0 Å². The number of carbonyl (C=O) groups is 2. The monoisotopic (exact) mass is 1250 g/mol. The number of esters is 1. The highest BCUT2D eigenvalue weighted by Crippen LogP contribution is 2.21. The zero-order valence-electron chi connectivity index (χ0n) is 61.0. The maximum Gasteiger partial charge on any atom is 0.305 e. The van der Waals surface area contributed by atoms with Crippen LogP contribution in [0.1, 0.15) is 483 Å². The van der Waals surface area contributed by atoms with Gasteiger partial charge in [-0.2, -0.15) is 0 Å². The first-order valence-corrected chi connectivity index (χ1v) is 41.4. The topological polar surface area (TPSA) is 95.9 Å². The molecule has 0 saturated heterocycles. The Balaban J connectivity index is 3.29. The Kier molecular flexibility index (Phi) is 77.8. The van der Waals surface area contributed by atoms with E-state index >= 15 is 0 Å². The summed E-state index contributed by atoms with van der Waals surface area (Å²) in [5, 5.41) is 23.5. The van der Waals surface area contributed by atoms with Crippen LogP contribution in [0.4, 0.5) is 0 Å². The van der Waals surface area contributed by atoms with Crippen LogP contribution < -0.4 is 5.32 Å². The van der Waals surface area contributed by atoms with Crippen molar-refractivity contribution < 1.29 is 24.5 Å². The lowest BCUT2D eigenvalue weighted by molar-refractivity contribution is -0.143. The molecule has 0 radical (unpaired) electrons. The molecule has 0 aromatic rings. The normalized spacial score (nSPS) is 12.4. The lowest BCUT2D eigenvalue weighted by atomic mass is 10.0. The smallest absolute Gasteiger partial charge is 0.305 e. The molecule has 0 aromatic carbocycles. The number of hydrogen-bond acceptors (Lipinski definition) is 5. The molecular weight excluding hydrogens is 1090 g/mol. The molecule has 2 atom stereocenters. The highest BCUT2D eigenvalue weighted by Gasteiger charge is 2.20. The minimum absolute atomic E-state index is 0.0150. The van der Waals surface area contributed by atoms with Gasteiger partial charge in [-0.3, -0.25) is 9.59 Å². The number of ether oxygens (including phenoxy) is 1. The molecule has 0 aromatic heterocycles. The summed E-state index contributed by atoms with van der Waals surface area (Å²) in [4.78, 5) is 24.6. The van der Waals surface area contributed by atoms with E-state index in [-0.39, 0.29) is 18.5 Å². The fourth-order valence-electron chi connectivity index (χ4n) is 13.5. The zero-order chi connectivity index (χ0) is 64.2. The van der Waals surface area contributed by atoms with Crippen molar-refractivity contribution in [3.63, 3.8) is 0 Å². The molecule has 6 heteroatoms. The van der Waals surface area contributed by atoms with Crippen LogP contribution in [0.3, 0.4) is 0 Å². The van der Waals surface area contributed by atoms with Gasteiger partial charge in [0.25, 0.3) is 0 Å². The Morgan fingerprint density at radius 1 is 0.303 bits per heavy atom. The molecule has 6 nitrogen and oxygen atoms in total. The first kappa shape index (κ1) is 87.6. The fraction of sp³-hybridized carbons (Fsp3) is 0.952. The number of allylic oxidation sites excluding steroid dienone is 2. The Labute approximate surface area is 559 Å². The summed E-state index contributed by atoms with van der Waals surface area (Å²) >= 11 is 0. The van der Waals surface area contributed by atoms with Crippen LogP contribution in [0.2, 0.25) is 0 Å². The molecule has 0 aliphatic carbocycles. The SMILES string of the molecule is CCCCC/C=C\CCCCCCCC(=O)OCCCCCCCCCCCCCCCCCCCCCCCCCCCCCCCCCCCCCCCCCC(=O)NC(CO)C(O)CCCCCCCCCCCCCCCCCCCCCCC. The van der Waals surface area contributed by atoms with Crippen LogP contribution in [0, 0.1) is 0 Å². The summed E-state index contributed by atoms with van der Waals surface area (Å²) in [7, 11) is 0. The lowest BCUT2D eigenvalue weighted by Gasteiger charge is -2.22. The van der Waals surface area contributed by atoms with E-state index in [4.69, 9.17) is 4.74 Å². The molecule has 0 heterocycles. The average molecular weight is 1260 g/mol. The number of rotatable bonds is 79. The van der Waals surface area contributed by atoms with Crippen molar-refractivity contribution >= 4 is 11.9 Å². The molecule has 0 aliphatic rings. The van der Waals surface area contributed by atoms with Gasteiger partial charge in [0.05, 0.1) is 25.4 Å². The van der Waals surface area contributed by atoms with E-state index in [1.54, 1.807) is 0 Å². The lowest BCUT2D eigenvalue weighted by Crippen LogP contribution is -2.45. The molecule has 89 heavy (non-hydrogen) atoms. The number of unbranched alkanes of at least 4 members (excludes halogenated alkanes) is 66. The van der Waals surface area contributed by atoms with Crippen molar-refractivity contribution in [2.75, 3.05) is 13.2 Å². The van der Waals surface area contributed by atoms with Gasteiger partial charge in [0.15, 0.2) is 0 Å². The molecule has 0 spiro atoms. The van der Waals surface area contributed by atoms with Crippen molar-refractivity contribution in [3.05, 3.63) is 12.2 Å². The van der Waals surface area contributed by atoms with Crippen LogP contribution in [0.5, 0.6) is 0 Å². The van der Waals surface area contributed by atoms with Gasteiger partial charge in [-0.15, -0.1) is 0 Å². The number of hydrogen-bond donors (Lipinski definition) is 3. The predicted octanol–water partition coefficient (Wildman–Crippen LogP) is 27.4. The van der Waals surface area contributed by atoms with E-state index in [9.17, 15) is 19.8 Å². The second-order valence-electron chi connectivity index (χ2n) is 28.8. The predicted molar refractivity (Wildman–Crippen MR) is 394 cm³/mol. The Morgan fingerprint density at radius 2 is 0.528 bits per heavy atom. The van der Waals surface area contributed by atoms with E-state index in [0.29, 0.717) is 25.9 Å². The van der Waals surface area contributed by atoms with Gasteiger partial charge >= 0.3 is 5.97 Å². The Hall–Kier alpha value is -1.40. The fourth-order valence-corrected chi connectivity index (χ4v) is 13.5. The molecular formula is C83H163NO5. The molecule has 0 fully saturated rings. The van der Waals surface area contributed by atoms with Crippen LogP contribution in [0.15, 0.2) is 12.2 Å². The summed E-state index contributed by atoms with van der Waals surface area (Å²) in [5.74, 6) is -0.00796. The number of aliphatic hydroxyl groups is 2. The second-order valence-corrected chi connectivity index (χ2v) is 28.8. The van der Waals surface area contributed by atoms with Gasteiger partial charge in [0.2, 0.25) is 5.91 Å². The molecule has 530 valence electrons. The summed E-state index contributed by atoms with van der Waals surface area (Å²) < 4.78 is 5.48. The summed E-state index contributed by atoms with van der Waals surface area (Å²) in [6.07, 6.45) is 100. The van der Waals surface area contributed by atoms with E-state index < -0.39 is 12.1 Å². The van der Waals surface area contributed by atoms with Crippen molar-refractivity contribution in [2.24, 2.45) is 0 Å². The van der Waals surface area contributed by atoms with E-state index in [2.05, 4.69) is 31.3 Å². The molecule has 3 N–H and O–H groups in total. The van der Waals surface area contributed by atoms with Crippen LogP contribution in [-0.2, 0) is 14.3 Å². The summed E-state index contributed by atoms with van der Waals surface area (Å²) in [5.41, 5.74) is 0. The van der Waals surface area contributed by atoms with Crippen molar-refractivity contribution in [2.45, 2.75) is 495 Å². The molecule has 0 rings (SSSR count). The largest absolute Gasteiger partial charge is 0.466 e. The standard InChI is InChI=1S/C83H163NO5/c1-3-5-7-9-11-13-15-17-18-19-20-40-43-46-49-52-55-59-63-67-71-75-81(86)80(79-85)84-82(87)76-72-68-64-60-56-53-50-47-44-41-38-36-34-32-30-28-26-24-22-21-23-25-27-29-31-33-35-37-39-42-45-48-51-54-58-62-66-70-74-78-89-83(88)77-73-69-65-61-57-16-14-12-10-8-6-4-2/h12,14,80-81,85-86H,3-11,13,15-79H2,1-2H3,(H,84,87)/b14-12-. The molecule has 0 aliphatic heterocycles. The van der Waals surface area contributed by atoms with E-state index in [1.807, 2.05) is 0 Å². The second kappa shape index (κ2) is 79.0. The highest BCUT2D eigenvalue weighted by molar-refractivity contribution is 5.76. The van der Waals surface area contributed by atoms with E-state index in [1.165, 1.54) is 405 Å². The van der Waals surface area contributed by atoms with Crippen LogP contribution in [-0.4, -0.2) is 47.4 Å². The third-order valence-corrected chi connectivity index (χ3v) is 19.8.